The quantitative estimate of drug-likeness (QED) is 0.916. The molecule has 5 heteroatoms. The van der Waals surface area contributed by atoms with Gasteiger partial charge in [-0.25, -0.2) is 4.39 Å². The monoisotopic (exact) mass is 346 g/mol. The van der Waals surface area contributed by atoms with E-state index in [2.05, 4.69) is 0 Å². The van der Waals surface area contributed by atoms with Crippen molar-refractivity contribution in [3.63, 3.8) is 0 Å². The third-order valence-corrected chi connectivity index (χ3v) is 6.40. The molecule has 0 aromatic heterocycles. The average Bonchev–Trinajstić information content (AvgIpc) is 2.97. The Balaban J connectivity index is 1.51. The highest BCUT2D eigenvalue weighted by Gasteiger charge is 2.54. The summed E-state index contributed by atoms with van der Waals surface area (Å²) in [5, 5.41) is 0. The second kappa shape index (κ2) is 6.69. The van der Waals surface area contributed by atoms with Crippen LogP contribution in [0.15, 0.2) is 24.3 Å². The lowest BCUT2D eigenvalue weighted by Crippen LogP contribution is -2.55. The minimum absolute atomic E-state index is 0.00375. The Labute approximate surface area is 148 Å². The van der Waals surface area contributed by atoms with Crippen LogP contribution in [-0.2, 0) is 9.53 Å². The predicted octanol–water partition coefficient (Wildman–Crippen LogP) is 2.82. The molecule has 25 heavy (non-hydrogen) atoms. The summed E-state index contributed by atoms with van der Waals surface area (Å²) in [7, 11) is 0. The lowest BCUT2D eigenvalue weighted by atomic mass is 9.62. The molecule has 1 saturated carbocycles. The van der Waals surface area contributed by atoms with E-state index >= 15 is 0 Å². The Morgan fingerprint density at radius 1 is 1.24 bits per heavy atom. The minimum atomic E-state index is -0.336. The molecule has 3 atom stereocenters. The van der Waals surface area contributed by atoms with Crippen molar-refractivity contribution < 1.29 is 13.9 Å². The van der Waals surface area contributed by atoms with Gasteiger partial charge >= 0.3 is 0 Å². The van der Waals surface area contributed by atoms with E-state index in [0.717, 1.165) is 50.7 Å². The molecule has 4 nitrogen and oxygen atoms in total. The van der Waals surface area contributed by atoms with Crippen LogP contribution in [0.4, 0.5) is 4.39 Å². The zero-order chi connectivity index (χ0) is 17.4. The number of carbonyl (C=O) groups is 1. The number of nitrogens with two attached hydrogens (primary N) is 1. The summed E-state index contributed by atoms with van der Waals surface area (Å²) in [5.41, 5.74) is 6.87. The molecule has 1 amide bonds. The lowest BCUT2D eigenvalue weighted by molar-refractivity contribution is -0.166. The molecule has 0 bridgehead atoms. The first-order valence-electron chi connectivity index (χ1n) is 9.52. The molecule has 0 radical (unpaired) electrons. The van der Waals surface area contributed by atoms with Crippen molar-refractivity contribution >= 4 is 5.91 Å². The second-order valence-corrected chi connectivity index (χ2v) is 7.90. The van der Waals surface area contributed by atoms with Crippen molar-refractivity contribution in [1.29, 1.82) is 0 Å². The fourth-order valence-corrected chi connectivity index (χ4v) is 4.81. The van der Waals surface area contributed by atoms with Crippen LogP contribution in [0.25, 0.3) is 0 Å². The van der Waals surface area contributed by atoms with Gasteiger partial charge in [0.05, 0.1) is 11.5 Å². The highest BCUT2D eigenvalue weighted by atomic mass is 19.1. The van der Waals surface area contributed by atoms with Gasteiger partial charge in [0.1, 0.15) is 5.82 Å². The largest absolute Gasteiger partial charge is 0.377 e. The number of halogens is 1. The van der Waals surface area contributed by atoms with Crippen molar-refractivity contribution in [3.8, 4) is 0 Å². The number of carbonyl (C=O) groups excluding carboxylic acids is 1. The molecule has 1 aromatic carbocycles. The van der Waals surface area contributed by atoms with Gasteiger partial charge in [-0.15, -0.1) is 0 Å². The summed E-state index contributed by atoms with van der Waals surface area (Å²) >= 11 is 0. The lowest BCUT2D eigenvalue weighted by Gasteiger charge is -2.48. The molecular weight excluding hydrogens is 319 g/mol. The first kappa shape index (κ1) is 17.0. The van der Waals surface area contributed by atoms with Crippen LogP contribution in [-0.4, -0.2) is 42.6 Å². The summed E-state index contributed by atoms with van der Waals surface area (Å²) in [6.07, 6.45) is 6.23. The first-order valence-corrected chi connectivity index (χ1v) is 9.52. The number of benzene rings is 1. The highest BCUT2D eigenvalue weighted by molar-refractivity contribution is 5.85. The molecule has 4 rings (SSSR count). The smallest absolute Gasteiger partial charge is 0.231 e. The third-order valence-electron chi connectivity index (χ3n) is 6.40. The SMILES string of the molecule is N[C@@H]1CN(C(=O)C2(C3CCCCO3)CCC2)C[C@H]1c1cccc(F)c1. The van der Waals surface area contributed by atoms with E-state index in [9.17, 15) is 9.18 Å². The molecule has 0 spiro atoms. The zero-order valence-electron chi connectivity index (χ0n) is 14.6. The molecule has 2 saturated heterocycles. The highest BCUT2D eigenvalue weighted by Crippen LogP contribution is 2.49. The van der Waals surface area contributed by atoms with Gasteiger partial charge in [-0.3, -0.25) is 4.79 Å². The van der Waals surface area contributed by atoms with Crippen molar-refractivity contribution in [2.45, 2.75) is 56.6 Å². The Kier molecular flexibility index (Phi) is 4.54. The number of amides is 1. The Bertz CT molecular complexity index is 640. The molecule has 2 aliphatic heterocycles. The van der Waals surface area contributed by atoms with Gasteiger partial charge in [0, 0.05) is 31.7 Å². The fraction of sp³-hybridized carbons (Fsp3) is 0.650. The van der Waals surface area contributed by atoms with Crippen molar-refractivity contribution in [3.05, 3.63) is 35.6 Å². The minimum Gasteiger partial charge on any atom is -0.377 e. The van der Waals surface area contributed by atoms with E-state index in [1.165, 1.54) is 6.07 Å². The number of likely N-dealkylation sites (tertiary alicyclic amines) is 1. The molecule has 2 N–H and O–H groups in total. The van der Waals surface area contributed by atoms with Crippen LogP contribution in [0, 0.1) is 11.2 Å². The standard InChI is InChI=1S/C20H27FN2O2/c21-15-6-3-5-14(11-15)16-12-23(13-17(16)22)19(24)20(8-4-9-20)18-7-1-2-10-25-18/h3,5-6,11,16-18H,1-2,4,7-10,12-13,22H2/t16-,17+,18?/m0/s1. The number of rotatable bonds is 3. The van der Waals surface area contributed by atoms with Crippen molar-refractivity contribution in [2.24, 2.45) is 11.1 Å². The first-order chi connectivity index (χ1) is 12.1. The van der Waals surface area contributed by atoms with Crippen LogP contribution < -0.4 is 5.73 Å². The van der Waals surface area contributed by atoms with E-state index < -0.39 is 0 Å². The Hall–Kier alpha value is -1.46. The predicted molar refractivity (Wildman–Crippen MR) is 93.6 cm³/mol. The number of hydrogen-bond acceptors (Lipinski definition) is 3. The third kappa shape index (κ3) is 2.97. The molecule has 1 aliphatic carbocycles. The second-order valence-electron chi connectivity index (χ2n) is 7.90. The van der Waals surface area contributed by atoms with E-state index in [0.29, 0.717) is 13.1 Å². The van der Waals surface area contributed by atoms with E-state index in [-0.39, 0.29) is 35.2 Å². The molecule has 1 aromatic rings. The Morgan fingerprint density at radius 2 is 2.08 bits per heavy atom. The number of hydrogen-bond donors (Lipinski definition) is 1. The fourth-order valence-electron chi connectivity index (χ4n) is 4.81. The van der Waals surface area contributed by atoms with E-state index in [4.69, 9.17) is 10.5 Å². The van der Waals surface area contributed by atoms with Gasteiger partial charge in [0.25, 0.3) is 0 Å². The normalized spacial score (nSPS) is 31.6. The summed E-state index contributed by atoms with van der Waals surface area (Å²) in [6, 6.07) is 6.46. The molecule has 1 unspecified atom stereocenters. The van der Waals surface area contributed by atoms with Gasteiger partial charge in [-0.05, 0) is 49.8 Å². The van der Waals surface area contributed by atoms with Gasteiger partial charge in [-0.1, -0.05) is 18.6 Å². The summed E-state index contributed by atoms with van der Waals surface area (Å²) in [4.78, 5) is 15.3. The number of nitrogens with zero attached hydrogens (tertiary/aromatic N) is 1. The molecule has 3 fully saturated rings. The van der Waals surface area contributed by atoms with Gasteiger partial charge in [-0.2, -0.15) is 0 Å². The van der Waals surface area contributed by atoms with E-state index in [1.807, 2.05) is 11.0 Å². The van der Waals surface area contributed by atoms with Crippen molar-refractivity contribution in [2.75, 3.05) is 19.7 Å². The van der Waals surface area contributed by atoms with Crippen LogP contribution >= 0.6 is 0 Å². The van der Waals surface area contributed by atoms with Crippen LogP contribution in [0.5, 0.6) is 0 Å². The zero-order valence-corrected chi connectivity index (χ0v) is 14.6. The maximum atomic E-state index is 13.6. The number of ether oxygens (including phenoxy) is 1. The summed E-state index contributed by atoms with van der Waals surface area (Å²) in [5.74, 6) is -0.0374. The van der Waals surface area contributed by atoms with Gasteiger partial charge in [0.2, 0.25) is 5.91 Å². The van der Waals surface area contributed by atoms with Gasteiger partial charge < -0.3 is 15.4 Å². The summed E-state index contributed by atoms with van der Waals surface area (Å²) in [6.45, 7) is 1.90. The molecule has 2 heterocycles. The van der Waals surface area contributed by atoms with Crippen LogP contribution in [0.1, 0.15) is 50.0 Å². The van der Waals surface area contributed by atoms with Gasteiger partial charge in [0.15, 0.2) is 0 Å². The molecular formula is C20H27FN2O2. The van der Waals surface area contributed by atoms with Crippen LogP contribution in [0.3, 0.4) is 0 Å². The maximum absolute atomic E-state index is 13.6. The summed E-state index contributed by atoms with van der Waals surface area (Å²) < 4.78 is 19.6. The van der Waals surface area contributed by atoms with Crippen molar-refractivity contribution in [1.82, 2.24) is 4.90 Å². The average molecular weight is 346 g/mol. The maximum Gasteiger partial charge on any atom is 0.231 e. The van der Waals surface area contributed by atoms with E-state index in [1.54, 1.807) is 12.1 Å². The Morgan fingerprint density at radius 3 is 2.72 bits per heavy atom. The molecule has 136 valence electrons. The molecule has 3 aliphatic rings. The topological polar surface area (TPSA) is 55.6 Å². The van der Waals surface area contributed by atoms with Crippen LogP contribution in [0.2, 0.25) is 0 Å².